The Balaban J connectivity index is 4.35. The Bertz CT molecular complexity index is 306. The van der Waals surface area contributed by atoms with Crippen molar-refractivity contribution in [3.05, 3.63) is 0 Å². The second kappa shape index (κ2) is 8.46. The minimum Gasteiger partial charge on any atom is -0.480 e. The van der Waals surface area contributed by atoms with Gasteiger partial charge in [0, 0.05) is 0 Å². The van der Waals surface area contributed by atoms with Gasteiger partial charge in [0.1, 0.15) is 6.04 Å². The number of methoxy groups -OCH3 is 1. The van der Waals surface area contributed by atoms with Crippen molar-refractivity contribution in [2.24, 2.45) is 5.73 Å². The van der Waals surface area contributed by atoms with Crippen molar-refractivity contribution < 1.29 is 24.2 Å². The summed E-state index contributed by atoms with van der Waals surface area (Å²) in [6.07, 6.45) is 1.74. The fourth-order valence-corrected chi connectivity index (χ4v) is 1.28. The van der Waals surface area contributed by atoms with Gasteiger partial charge in [-0.3, -0.25) is 9.59 Å². The number of carbonyl (C=O) groups excluding carboxylic acids is 2. The Morgan fingerprint density at radius 2 is 2.00 bits per heavy atom. The lowest BCUT2D eigenvalue weighted by Gasteiger charge is -2.16. The van der Waals surface area contributed by atoms with E-state index >= 15 is 0 Å². The van der Waals surface area contributed by atoms with Gasteiger partial charge in [0.05, 0.1) is 19.6 Å². The highest BCUT2D eigenvalue weighted by Crippen LogP contribution is 2.01. The number of ether oxygens (including phenoxy) is 1. The average Bonchev–Trinajstić information content (AvgIpc) is 2.34. The first-order valence-corrected chi connectivity index (χ1v) is 5.77. The Hall–Kier alpha value is -1.63. The summed E-state index contributed by atoms with van der Waals surface area (Å²) in [4.78, 5) is 33.4. The van der Waals surface area contributed by atoms with Crippen LogP contribution in [0.2, 0.25) is 0 Å². The van der Waals surface area contributed by atoms with Crippen LogP contribution < -0.4 is 11.1 Å². The molecule has 0 aliphatic carbocycles. The molecule has 2 atom stereocenters. The van der Waals surface area contributed by atoms with E-state index in [2.05, 4.69) is 10.1 Å². The van der Waals surface area contributed by atoms with E-state index in [-0.39, 0.29) is 0 Å². The Kier molecular flexibility index (Phi) is 7.69. The van der Waals surface area contributed by atoms with Crippen LogP contribution in [0.3, 0.4) is 0 Å². The van der Waals surface area contributed by atoms with Crippen LogP contribution >= 0.6 is 0 Å². The number of carboxylic acids is 1. The molecule has 0 rings (SSSR count). The van der Waals surface area contributed by atoms with E-state index in [0.29, 0.717) is 6.42 Å². The second-order valence-electron chi connectivity index (χ2n) is 3.93. The molecule has 1 amide bonds. The number of hydrogen-bond donors (Lipinski definition) is 3. The molecule has 0 aromatic heterocycles. The molecule has 0 saturated heterocycles. The van der Waals surface area contributed by atoms with Crippen LogP contribution in [0.1, 0.15) is 32.6 Å². The van der Waals surface area contributed by atoms with E-state index in [1.165, 1.54) is 0 Å². The van der Waals surface area contributed by atoms with Crippen LogP contribution in [-0.2, 0) is 19.1 Å². The third-order valence-electron chi connectivity index (χ3n) is 2.42. The van der Waals surface area contributed by atoms with Crippen molar-refractivity contribution in [1.29, 1.82) is 0 Å². The average molecular weight is 260 g/mol. The predicted octanol–water partition coefficient (Wildman–Crippen LogP) is -0.364. The Morgan fingerprint density at radius 3 is 2.44 bits per heavy atom. The lowest BCUT2D eigenvalue weighted by atomic mass is 10.1. The van der Waals surface area contributed by atoms with Crippen LogP contribution in [0.25, 0.3) is 0 Å². The standard InChI is InChI=1S/C11H20N2O5/c1-3-4-5-7(12)10(15)13-8(11(16)17)6-9(14)18-2/h7-8H,3-6,12H2,1-2H3,(H,13,15)(H,16,17)/t7-,8-/m0/s1. The lowest BCUT2D eigenvalue weighted by molar-refractivity contribution is -0.148. The van der Waals surface area contributed by atoms with Crippen LogP contribution in [-0.4, -0.2) is 42.1 Å². The van der Waals surface area contributed by atoms with Crippen LogP contribution in [0.4, 0.5) is 0 Å². The second-order valence-corrected chi connectivity index (χ2v) is 3.93. The van der Waals surface area contributed by atoms with E-state index < -0.39 is 36.4 Å². The van der Waals surface area contributed by atoms with E-state index in [1.807, 2.05) is 6.92 Å². The molecule has 0 aliphatic rings. The summed E-state index contributed by atoms with van der Waals surface area (Å²) in [7, 11) is 1.15. The Morgan fingerprint density at radius 1 is 1.39 bits per heavy atom. The van der Waals surface area contributed by atoms with Gasteiger partial charge in [0.25, 0.3) is 0 Å². The first-order valence-electron chi connectivity index (χ1n) is 5.77. The lowest BCUT2D eigenvalue weighted by Crippen LogP contribution is -2.49. The van der Waals surface area contributed by atoms with Crippen LogP contribution in [0.5, 0.6) is 0 Å². The summed E-state index contributed by atoms with van der Waals surface area (Å²) < 4.78 is 4.35. The summed E-state index contributed by atoms with van der Waals surface area (Å²) in [5, 5.41) is 11.1. The number of aliphatic carboxylic acids is 1. The van der Waals surface area contributed by atoms with Gasteiger partial charge in [-0.15, -0.1) is 0 Å². The van der Waals surface area contributed by atoms with Crippen molar-refractivity contribution in [1.82, 2.24) is 5.32 Å². The zero-order valence-electron chi connectivity index (χ0n) is 10.6. The summed E-state index contributed by atoms with van der Waals surface area (Å²) in [5.41, 5.74) is 5.59. The number of rotatable bonds is 8. The van der Waals surface area contributed by atoms with Crippen molar-refractivity contribution >= 4 is 17.8 Å². The molecule has 104 valence electrons. The molecule has 18 heavy (non-hydrogen) atoms. The summed E-state index contributed by atoms with van der Waals surface area (Å²) in [6.45, 7) is 1.96. The first kappa shape index (κ1) is 16.4. The van der Waals surface area contributed by atoms with Gasteiger partial charge in [0.2, 0.25) is 5.91 Å². The predicted molar refractivity (Wildman–Crippen MR) is 63.7 cm³/mol. The number of carboxylic acid groups (broad SMARTS) is 1. The zero-order chi connectivity index (χ0) is 14.1. The van der Waals surface area contributed by atoms with Crippen molar-refractivity contribution in [2.45, 2.75) is 44.7 Å². The Labute approximate surface area is 106 Å². The number of esters is 1. The highest BCUT2D eigenvalue weighted by atomic mass is 16.5. The number of amides is 1. The van der Waals surface area contributed by atoms with Gasteiger partial charge >= 0.3 is 11.9 Å². The molecule has 0 aromatic rings. The van der Waals surface area contributed by atoms with E-state index in [1.54, 1.807) is 0 Å². The number of carbonyl (C=O) groups is 3. The molecular formula is C11H20N2O5. The highest BCUT2D eigenvalue weighted by molar-refractivity contribution is 5.89. The number of hydrogen-bond acceptors (Lipinski definition) is 5. The quantitative estimate of drug-likeness (QED) is 0.513. The molecule has 0 spiro atoms. The molecule has 0 aromatic carbocycles. The fraction of sp³-hybridized carbons (Fsp3) is 0.727. The number of unbranched alkanes of at least 4 members (excludes halogenated alkanes) is 1. The monoisotopic (exact) mass is 260 g/mol. The van der Waals surface area contributed by atoms with Gasteiger partial charge in [-0.05, 0) is 6.42 Å². The summed E-state index contributed by atoms with van der Waals surface area (Å²) >= 11 is 0. The topological polar surface area (TPSA) is 119 Å². The number of nitrogens with two attached hydrogens (primary N) is 1. The molecule has 4 N–H and O–H groups in total. The zero-order valence-corrected chi connectivity index (χ0v) is 10.6. The minimum atomic E-state index is -1.31. The summed E-state index contributed by atoms with van der Waals surface area (Å²) in [6, 6.07) is -2.07. The van der Waals surface area contributed by atoms with Crippen LogP contribution in [0, 0.1) is 0 Å². The van der Waals surface area contributed by atoms with E-state index in [4.69, 9.17) is 10.8 Å². The summed E-state index contributed by atoms with van der Waals surface area (Å²) in [5.74, 6) is -2.57. The van der Waals surface area contributed by atoms with Gasteiger partial charge < -0.3 is 20.9 Å². The SMILES string of the molecule is CCCC[C@H](N)C(=O)N[C@@H](CC(=O)OC)C(=O)O. The maximum Gasteiger partial charge on any atom is 0.326 e. The fourth-order valence-electron chi connectivity index (χ4n) is 1.28. The third kappa shape index (κ3) is 6.19. The maximum absolute atomic E-state index is 11.6. The smallest absolute Gasteiger partial charge is 0.326 e. The molecule has 0 radical (unpaired) electrons. The van der Waals surface area contributed by atoms with Crippen molar-refractivity contribution in [2.75, 3.05) is 7.11 Å². The molecule has 0 heterocycles. The molecule has 7 heteroatoms. The molecular weight excluding hydrogens is 240 g/mol. The largest absolute Gasteiger partial charge is 0.480 e. The molecule has 0 saturated carbocycles. The van der Waals surface area contributed by atoms with Gasteiger partial charge in [0.15, 0.2) is 0 Å². The van der Waals surface area contributed by atoms with Crippen molar-refractivity contribution in [3.63, 3.8) is 0 Å². The number of nitrogens with one attached hydrogen (secondary N) is 1. The van der Waals surface area contributed by atoms with Gasteiger partial charge in [-0.2, -0.15) is 0 Å². The molecule has 0 aliphatic heterocycles. The molecule has 7 nitrogen and oxygen atoms in total. The van der Waals surface area contributed by atoms with E-state index in [0.717, 1.165) is 20.0 Å². The van der Waals surface area contributed by atoms with Gasteiger partial charge in [-0.25, -0.2) is 4.79 Å². The minimum absolute atomic E-state index is 0.419. The highest BCUT2D eigenvalue weighted by Gasteiger charge is 2.25. The maximum atomic E-state index is 11.6. The van der Waals surface area contributed by atoms with Gasteiger partial charge in [-0.1, -0.05) is 19.8 Å². The third-order valence-corrected chi connectivity index (χ3v) is 2.42. The molecule has 0 fully saturated rings. The molecule has 0 bridgehead atoms. The normalized spacial score (nSPS) is 13.5. The van der Waals surface area contributed by atoms with Crippen molar-refractivity contribution in [3.8, 4) is 0 Å². The van der Waals surface area contributed by atoms with Crippen LogP contribution in [0.15, 0.2) is 0 Å². The first-order chi connectivity index (χ1) is 8.42. The van der Waals surface area contributed by atoms with E-state index in [9.17, 15) is 14.4 Å². The molecule has 0 unspecified atom stereocenters.